The Hall–Kier alpha value is -4.31. The van der Waals surface area contributed by atoms with Gasteiger partial charge in [0.05, 0.1) is 12.2 Å². The predicted octanol–water partition coefficient (Wildman–Crippen LogP) is 5.24. The van der Waals surface area contributed by atoms with Crippen molar-refractivity contribution in [3.05, 3.63) is 70.4 Å². The van der Waals surface area contributed by atoms with Gasteiger partial charge >= 0.3 is 5.97 Å². The molecule has 1 aromatic heterocycles. The lowest BCUT2D eigenvalue weighted by Crippen LogP contribution is -2.29. The monoisotopic (exact) mass is 538 g/mol. The number of carbonyl (C=O) groups is 3. The van der Waals surface area contributed by atoms with E-state index in [0.29, 0.717) is 24.1 Å². The van der Waals surface area contributed by atoms with Gasteiger partial charge in [0, 0.05) is 22.6 Å². The lowest BCUT2D eigenvalue weighted by Gasteiger charge is -2.23. The smallest absolute Gasteiger partial charge is 0.341 e. The summed E-state index contributed by atoms with van der Waals surface area (Å²) in [4.78, 5) is 39.7. The van der Waals surface area contributed by atoms with Crippen molar-refractivity contribution in [3.8, 4) is 17.2 Å². The third-order valence-electron chi connectivity index (χ3n) is 5.82. The summed E-state index contributed by atoms with van der Waals surface area (Å²) in [5.41, 5.74) is 1.24. The van der Waals surface area contributed by atoms with Gasteiger partial charge in [0.2, 0.25) is 5.91 Å². The first-order chi connectivity index (χ1) is 18.2. The molecule has 0 saturated heterocycles. The molecule has 0 aliphatic carbocycles. The number of benzene rings is 2. The largest absolute Gasteiger partial charge is 0.504 e. The summed E-state index contributed by atoms with van der Waals surface area (Å²) in [7, 11) is 0. The number of rotatable bonds is 12. The maximum atomic E-state index is 13.4. The summed E-state index contributed by atoms with van der Waals surface area (Å²) in [5.74, 6) is -2.39. The number of thiophene rings is 1. The van der Waals surface area contributed by atoms with E-state index in [1.54, 1.807) is 18.2 Å². The van der Waals surface area contributed by atoms with Crippen molar-refractivity contribution in [2.75, 3.05) is 16.8 Å². The molecule has 0 aliphatic heterocycles. The van der Waals surface area contributed by atoms with E-state index >= 15 is 0 Å². The number of hydrogen-bond acceptors (Lipinski definition) is 7. The number of hydrogen-bond donors (Lipinski definition) is 4. The minimum atomic E-state index is -1.16. The molecule has 0 radical (unpaired) electrons. The highest BCUT2D eigenvalue weighted by Gasteiger charge is 2.20. The Balaban J connectivity index is 1.97. The fraction of sp³-hybridized carbons (Fsp3) is 0.250. The van der Waals surface area contributed by atoms with E-state index in [4.69, 9.17) is 9.84 Å². The van der Waals surface area contributed by atoms with E-state index in [0.717, 1.165) is 4.88 Å². The molecule has 1 heterocycles. The molecule has 10 heteroatoms. The molecule has 0 spiro atoms. The molecule has 2 aromatic carbocycles. The van der Waals surface area contributed by atoms with Gasteiger partial charge in [0.1, 0.15) is 5.75 Å². The molecule has 2 amide bonds. The van der Waals surface area contributed by atoms with Gasteiger partial charge in [0.25, 0.3) is 5.91 Å². The van der Waals surface area contributed by atoms with Crippen LogP contribution in [0.4, 0.5) is 11.4 Å². The number of nitrogens with zero attached hydrogens (tertiary/aromatic N) is 1. The van der Waals surface area contributed by atoms with Gasteiger partial charge < -0.3 is 30.3 Å². The zero-order chi connectivity index (χ0) is 27.7. The van der Waals surface area contributed by atoms with Crippen molar-refractivity contribution in [1.29, 1.82) is 0 Å². The van der Waals surface area contributed by atoms with Crippen LogP contribution in [-0.2, 0) is 20.9 Å². The topological polar surface area (TPSA) is 136 Å². The zero-order valence-electron chi connectivity index (χ0n) is 21.1. The van der Waals surface area contributed by atoms with Gasteiger partial charge in [-0.3, -0.25) is 9.59 Å². The first kappa shape index (κ1) is 28.3. The molecule has 38 heavy (non-hydrogen) atoms. The van der Waals surface area contributed by atoms with Gasteiger partial charge in [0.15, 0.2) is 18.1 Å². The summed E-state index contributed by atoms with van der Waals surface area (Å²) in [6.45, 7) is 3.48. The average molecular weight is 539 g/mol. The summed E-state index contributed by atoms with van der Waals surface area (Å²) in [6.07, 6.45) is 4.13. The molecule has 0 aliphatic rings. The second-order valence-corrected chi connectivity index (χ2v) is 9.48. The minimum Gasteiger partial charge on any atom is -0.504 e. The number of amides is 2. The molecule has 0 fully saturated rings. The molecule has 0 atom stereocenters. The fourth-order valence-corrected chi connectivity index (χ4v) is 4.39. The van der Waals surface area contributed by atoms with E-state index in [1.165, 1.54) is 46.6 Å². The third kappa shape index (κ3) is 7.59. The van der Waals surface area contributed by atoms with Gasteiger partial charge in [-0.1, -0.05) is 26.0 Å². The maximum absolute atomic E-state index is 13.4. The van der Waals surface area contributed by atoms with Crippen molar-refractivity contribution >= 4 is 46.6 Å². The average Bonchev–Trinajstić information content (AvgIpc) is 3.41. The van der Waals surface area contributed by atoms with Crippen molar-refractivity contribution in [1.82, 2.24) is 0 Å². The van der Waals surface area contributed by atoms with Gasteiger partial charge in [-0.15, -0.1) is 11.3 Å². The molecule has 200 valence electrons. The second kappa shape index (κ2) is 13.3. The number of carboxylic acids is 1. The molecule has 9 nitrogen and oxygen atoms in total. The normalized spacial score (nSPS) is 11.0. The summed E-state index contributed by atoms with van der Waals surface area (Å²) in [5, 5.41) is 33.1. The van der Waals surface area contributed by atoms with E-state index in [2.05, 4.69) is 5.32 Å². The van der Waals surface area contributed by atoms with Crippen LogP contribution in [-0.4, -0.2) is 39.7 Å². The number of carbonyl (C=O) groups excluding carboxylic acids is 2. The lowest BCUT2D eigenvalue weighted by atomic mass is 10.0. The fourth-order valence-electron chi connectivity index (χ4n) is 3.70. The van der Waals surface area contributed by atoms with Gasteiger partial charge in [-0.25, -0.2) is 4.79 Å². The van der Waals surface area contributed by atoms with Crippen LogP contribution in [0.5, 0.6) is 17.2 Å². The third-order valence-corrected chi connectivity index (χ3v) is 6.68. The van der Waals surface area contributed by atoms with Crippen LogP contribution in [0.1, 0.15) is 37.1 Å². The van der Waals surface area contributed by atoms with Crippen LogP contribution < -0.4 is 15.0 Å². The Morgan fingerprint density at radius 2 is 1.82 bits per heavy atom. The van der Waals surface area contributed by atoms with E-state index in [-0.39, 0.29) is 47.2 Å². The molecular weight excluding hydrogens is 508 g/mol. The van der Waals surface area contributed by atoms with Crippen LogP contribution in [0.25, 0.3) is 6.08 Å². The van der Waals surface area contributed by atoms with Crippen LogP contribution in [0.3, 0.4) is 0 Å². The number of phenolic OH excluding ortho intramolecular Hbond substituents is 2. The Morgan fingerprint density at radius 1 is 1.05 bits per heavy atom. The van der Waals surface area contributed by atoms with Crippen LogP contribution in [0.15, 0.2) is 60.0 Å². The first-order valence-electron chi connectivity index (χ1n) is 12.0. The van der Waals surface area contributed by atoms with E-state index in [1.807, 2.05) is 31.4 Å². The Labute approximate surface area is 224 Å². The quantitative estimate of drug-likeness (QED) is 0.183. The Bertz CT molecular complexity index is 1300. The SMILES string of the molecule is CCC(CC)C(=O)Nc1cc(N(Cc2cccs2)C(=O)/C=C/c2ccc(O)c(O)c2)ccc1OCC(=O)O. The summed E-state index contributed by atoms with van der Waals surface area (Å²) >= 11 is 1.48. The molecule has 0 saturated carbocycles. The van der Waals surface area contributed by atoms with Crippen LogP contribution in [0, 0.1) is 5.92 Å². The predicted molar refractivity (Wildman–Crippen MR) is 147 cm³/mol. The lowest BCUT2D eigenvalue weighted by molar-refractivity contribution is -0.139. The number of aromatic hydroxyl groups is 2. The number of anilines is 2. The standard InChI is InChI=1S/C28H30N2O7S/c1-3-19(4-2)28(36)29-22-15-20(9-11-25(22)37-17-27(34)35)30(16-21-6-5-13-38-21)26(33)12-8-18-7-10-23(31)24(32)14-18/h5-15,19,31-32H,3-4,16-17H2,1-2H3,(H,29,36)(H,34,35)/b12-8+. The van der Waals surface area contributed by atoms with Crippen LogP contribution in [0.2, 0.25) is 0 Å². The molecule has 0 unspecified atom stereocenters. The Kier molecular flexibility index (Phi) is 9.89. The minimum absolute atomic E-state index is 0.175. The molecule has 0 bridgehead atoms. The van der Waals surface area contributed by atoms with Gasteiger partial charge in [-0.2, -0.15) is 0 Å². The summed E-state index contributed by atoms with van der Waals surface area (Å²) < 4.78 is 5.40. The second-order valence-electron chi connectivity index (χ2n) is 8.45. The van der Waals surface area contributed by atoms with E-state index in [9.17, 15) is 24.6 Å². The molecule has 3 aromatic rings. The molecule has 3 rings (SSSR count). The van der Waals surface area contributed by atoms with Crippen molar-refractivity contribution in [3.63, 3.8) is 0 Å². The molecular formula is C28H30N2O7S. The summed E-state index contributed by atoms with van der Waals surface area (Å²) in [6, 6.07) is 12.7. The van der Waals surface area contributed by atoms with Crippen molar-refractivity contribution in [2.45, 2.75) is 33.2 Å². The van der Waals surface area contributed by atoms with Crippen LogP contribution >= 0.6 is 11.3 Å². The van der Waals surface area contributed by atoms with Gasteiger partial charge in [-0.05, 0) is 66.3 Å². The maximum Gasteiger partial charge on any atom is 0.341 e. The highest BCUT2D eigenvalue weighted by atomic mass is 32.1. The number of nitrogens with one attached hydrogen (secondary N) is 1. The van der Waals surface area contributed by atoms with E-state index < -0.39 is 12.6 Å². The Morgan fingerprint density at radius 3 is 2.45 bits per heavy atom. The highest BCUT2D eigenvalue weighted by Crippen LogP contribution is 2.32. The number of phenols is 2. The van der Waals surface area contributed by atoms with Crippen molar-refractivity contribution in [2.24, 2.45) is 5.92 Å². The highest BCUT2D eigenvalue weighted by molar-refractivity contribution is 7.09. The van der Waals surface area contributed by atoms with Crippen molar-refractivity contribution < 1.29 is 34.4 Å². The number of carboxylic acid groups (broad SMARTS) is 1. The zero-order valence-corrected chi connectivity index (χ0v) is 21.9. The molecule has 4 N–H and O–H groups in total. The first-order valence-corrected chi connectivity index (χ1v) is 12.9. The number of aliphatic carboxylic acids is 1. The number of ether oxygens (including phenoxy) is 1.